The summed E-state index contributed by atoms with van der Waals surface area (Å²) in [6.07, 6.45) is 6.70. The van der Waals surface area contributed by atoms with Gasteiger partial charge in [0.15, 0.2) is 0 Å². The predicted octanol–water partition coefficient (Wildman–Crippen LogP) is 5.07. The number of para-hydroxylation sites is 1. The van der Waals surface area contributed by atoms with Crippen molar-refractivity contribution in [3.05, 3.63) is 53.6 Å². The van der Waals surface area contributed by atoms with Crippen molar-refractivity contribution in [3.63, 3.8) is 0 Å². The van der Waals surface area contributed by atoms with Crippen molar-refractivity contribution >= 4 is 29.4 Å². The molecule has 0 N–H and O–H groups in total. The Kier molecular flexibility index (Phi) is 4.84. The Labute approximate surface area is 137 Å². The van der Waals surface area contributed by atoms with Crippen LogP contribution < -0.4 is 4.90 Å². The highest BCUT2D eigenvalue weighted by atomic mass is 32.2. The summed E-state index contributed by atoms with van der Waals surface area (Å²) in [7, 11) is 0. The zero-order chi connectivity index (χ0) is 15.4. The molecule has 1 saturated heterocycles. The van der Waals surface area contributed by atoms with Crippen molar-refractivity contribution in [3.8, 4) is 0 Å². The van der Waals surface area contributed by atoms with E-state index in [1.165, 1.54) is 47.6 Å². The fourth-order valence-electron chi connectivity index (χ4n) is 2.85. The van der Waals surface area contributed by atoms with Crippen LogP contribution >= 0.6 is 11.8 Å². The minimum atomic E-state index is 1.04. The molecule has 3 heteroatoms. The molecule has 0 atom stereocenters. The molecule has 0 aromatic heterocycles. The van der Waals surface area contributed by atoms with E-state index in [-0.39, 0.29) is 0 Å². The van der Waals surface area contributed by atoms with E-state index in [1.807, 2.05) is 12.3 Å². The van der Waals surface area contributed by atoms with E-state index < -0.39 is 0 Å². The van der Waals surface area contributed by atoms with Gasteiger partial charge in [0.05, 0.1) is 5.69 Å². The second-order valence-electron chi connectivity index (χ2n) is 5.67. The maximum Gasteiger partial charge on any atom is 0.0765 e. The van der Waals surface area contributed by atoms with Crippen LogP contribution in [0.3, 0.4) is 0 Å². The minimum Gasteiger partial charge on any atom is -0.372 e. The van der Waals surface area contributed by atoms with Gasteiger partial charge in [0.1, 0.15) is 0 Å². The first kappa shape index (κ1) is 15.2. The molecule has 1 aliphatic heterocycles. The lowest BCUT2D eigenvalue weighted by atomic mass is 10.1. The van der Waals surface area contributed by atoms with Gasteiger partial charge in [-0.3, -0.25) is 4.99 Å². The molecular formula is C19H22N2S. The molecule has 0 aliphatic carbocycles. The monoisotopic (exact) mass is 310 g/mol. The molecule has 0 radical (unpaired) electrons. The molecule has 1 aliphatic rings. The largest absolute Gasteiger partial charge is 0.372 e. The Morgan fingerprint density at radius 2 is 1.86 bits per heavy atom. The third-order valence-corrected chi connectivity index (χ3v) is 4.94. The van der Waals surface area contributed by atoms with E-state index in [4.69, 9.17) is 0 Å². The summed E-state index contributed by atoms with van der Waals surface area (Å²) in [4.78, 5) is 8.36. The number of thioether (sulfide) groups is 1. The van der Waals surface area contributed by atoms with E-state index in [1.54, 1.807) is 11.8 Å². The van der Waals surface area contributed by atoms with Crippen LogP contribution in [0.2, 0.25) is 0 Å². The SMILES string of the molecule is CSc1ccccc1N=Cc1ccc(N2CCCC2)cc1C. The lowest BCUT2D eigenvalue weighted by molar-refractivity contribution is 0.949. The van der Waals surface area contributed by atoms with Crippen LogP contribution in [0.1, 0.15) is 24.0 Å². The highest BCUT2D eigenvalue weighted by molar-refractivity contribution is 7.98. The van der Waals surface area contributed by atoms with Crippen LogP contribution in [0.4, 0.5) is 11.4 Å². The first-order valence-corrected chi connectivity index (χ1v) is 9.03. The summed E-state index contributed by atoms with van der Waals surface area (Å²) in [6, 6.07) is 15.0. The van der Waals surface area contributed by atoms with Crippen LogP contribution in [0.15, 0.2) is 52.4 Å². The summed E-state index contributed by atoms with van der Waals surface area (Å²) in [5, 5.41) is 0. The van der Waals surface area contributed by atoms with Crippen molar-refractivity contribution in [2.45, 2.75) is 24.7 Å². The van der Waals surface area contributed by atoms with Crippen LogP contribution in [0, 0.1) is 6.92 Å². The zero-order valence-corrected chi connectivity index (χ0v) is 14.1. The third-order valence-electron chi connectivity index (χ3n) is 4.15. The number of nitrogens with zero attached hydrogens (tertiary/aromatic N) is 2. The first-order chi connectivity index (χ1) is 10.8. The lowest BCUT2D eigenvalue weighted by Crippen LogP contribution is -2.17. The first-order valence-electron chi connectivity index (χ1n) is 7.80. The molecule has 0 saturated carbocycles. The molecule has 1 fully saturated rings. The predicted molar refractivity (Wildman–Crippen MR) is 98.1 cm³/mol. The van der Waals surface area contributed by atoms with E-state index >= 15 is 0 Å². The second-order valence-corrected chi connectivity index (χ2v) is 6.51. The van der Waals surface area contributed by atoms with Gasteiger partial charge in [-0.1, -0.05) is 18.2 Å². The Bertz CT molecular complexity index is 673. The van der Waals surface area contributed by atoms with E-state index in [0.29, 0.717) is 0 Å². The normalized spacial score (nSPS) is 14.9. The van der Waals surface area contributed by atoms with E-state index in [9.17, 15) is 0 Å². The van der Waals surface area contributed by atoms with Crippen LogP contribution in [-0.2, 0) is 0 Å². The van der Waals surface area contributed by atoms with Gasteiger partial charge in [0.2, 0.25) is 0 Å². The lowest BCUT2D eigenvalue weighted by Gasteiger charge is -2.18. The fourth-order valence-corrected chi connectivity index (χ4v) is 3.40. The zero-order valence-electron chi connectivity index (χ0n) is 13.2. The average Bonchev–Trinajstić information content (AvgIpc) is 3.08. The number of anilines is 1. The van der Waals surface area contributed by atoms with Crippen molar-refractivity contribution < 1.29 is 0 Å². The minimum absolute atomic E-state index is 1.04. The number of hydrogen-bond donors (Lipinski definition) is 0. The maximum absolute atomic E-state index is 4.68. The number of benzene rings is 2. The topological polar surface area (TPSA) is 15.6 Å². The molecule has 2 nitrogen and oxygen atoms in total. The summed E-state index contributed by atoms with van der Waals surface area (Å²) in [5.41, 5.74) is 4.86. The molecule has 0 unspecified atom stereocenters. The number of aliphatic imine (C=N–C) groups is 1. The molecular weight excluding hydrogens is 288 g/mol. The van der Waals surface area contributed by atoms with Crippen molar-refractivity contribution in [1.29, 1.82) is 0 Å². The highest BCUT2D eigenvalue weighted by Gasteiger charge is 2.12. The van der Waals surface area contributed by atoms with Crippen molar-refractivity contribution in [1.82, 2.24) is 0 Å². The van der Waals surface area contributed by atoms with Crippen molar-refractivity contribution in [2.75, 3.05) is 24.2 Å². The molecule has 114 valence electrons. The van der Waals surface area contributed by atoms with Crippen molar-refractivity contribution in [2.24, 2.45) is 4.99 Å². The fraction of sp³-hybridized carbons (Fsp3) is 0.316. The molecule has 0 bridgehead atoms. The molecule has 2 aromatic carbocycles. The maximum atomic E-state index is 4.68. The van der Waals surface area contributed by atoms with E-state index in [2.05, 4.69) is 59.5 Å². The van der Waals surface area contributed by atoms with Gasteiger partial charge in [0, 0.05) is 29.9 Å². The summed E-state index contributed by atoms with van der Waals surface area (Å²) >= 11 is 1.73. The van der Waals surface area contributed by atoms with Gasteiger partial charge < -0.3 is 4.90 Å². The summed E-state index contributed by atoms with van der Waals surface area (Å²) in [6.45, 7) is 4.54. The van der Waals surface area contributed by atoms with Gasteiger partial charge in [-0.25, -0.2) is 0 Å². The van der Waals surface area contributed by atoms with Crippen LogP contribution in [0.5, 0.6) is 0 Å². The van der Waals surface area contributed by atoms with Crippen LogP contribution in [-0.4, -0.2) is 25.6 Å². The summed E-state index contributed by atoms with van der Waals surface area (Å²) < 4.78 is 0. The van der Waals surface area contributed by atoms with E-state index in [0.717, 1.165) is 5.69 Å². The molecule has 2 aromatic rings. The molecule has 3 rings (SSSR count). The Morgan fingerprint density at radius 3 is 2.59 bits per heavy atom. The van der Waals surface area contributed by atoms with Gasteiger partial charge in [-0.15, -0.1) is 11.8 Å². The molecule has 0 amide bonds. The molecule has 1 heterocycles. The third kappa shape index (κ3) is 3.36. The highest BCUT2D eigenvalue weighted by Crippen LogP contribution is 2.28. The number of hydrogen-bond acceptors (Lipinski definition) is 3. The molecule has 0 spiro atoms. The molecule has 22 heavy (non-hydrogen) atoms. The Morgan fingerprint density at radius 1 is 1.09 bits per heavy atom. The van der Waals surface area contributed by atoms with Gasteiger partial charge in [-0.05, 0) is 61.4 Å². The summed E-state index contributed by atoms with van der Waals surface area (Å²) in [5.74, 6) is 0. The average molecular weight is 310 g/mol. The quantitative estimate of drug-likeness (QED) is 0.579. The van der Waals surface area contributed by atoms with Crippen LogP contribution in [0.25, 0.3) is 0 Å². The van der Waals surface area contributed by atoms with Gasteiger partial charge in [-0.2, -0.15) is 0 Å². The standard InChI is InChI=1S/C19H22N2S/c1-15-13-17(21-11-5-6-12-21)10-9-16(15)14-20-18-7-3-4-8-19(18)22-2/h3-4,7-10,13-14H,5-6,11-12H2,1-2H3. The van der Waals surface area contributed by atoms with Gasteiger partial charge in [0.25, 0.3) is 0 Å². The Hall–Kier alpha value is -1.74. The Balaban J connectivity index is 1.81. The van der Waals surface area contributed by atoms with Gasteiger partial charge >= 0.3 is 0 Å². The smallest absolute Gasteiger partial charge is 0.0765 e. The number of rotatable bonds is 4. The number of aryl methyl sites for hydroxylation is 1. The second kappa shape index (κ2) is 7.01.